The van der Waals surface area contributed by atoms with Gasteiger partial charge in [-0.2, -0.15) is 0 Å². The molecule has 3 aliphatic rings. The van der Waals surface area contributed by atoms with Crippen LogP contribution in [0, 0.1) is 0 Å². The van der Waals surface area contributed by atoms with E-state index in [4.69, 9.17) is 9.84 Å². The molecule has 0 radical (unpaired) electrons. The first-order valence-electron chi connectivity index (χ1n) is 6.16. The van der Waals surface area contributed by atoms with E-state index >= 15 is 0 Å². The van der Waals surface area contributed by atoms with Gasteiger partial charge in [0.1, 0.15) is 6.04 Å². The van der Waals surface area contributed by atoms with Crippen LogP contribution in [-0.4, -0.2) is 69.9 Å². The second-order valence-electron chi connectivity index (χ2n) is 4.97. The molecule has 0 aromatic carbocycles. The molecule has 3 atom stereocenters. The topological polar surface area (TPSA) is 70.1 Å². The van der Waals surface area contributed by atoms with E-state index < -0.39 is 12.0 Å². The lowest BCUT2D eigenvalue weighted by molar-refractivity contribution is -0.141. The van der Waals surface area contributed by atoms with Crippen molar-refractivity contribution in [2.45, 2.75) is 31.1 Å². The normalized spacial score (nSPS) is 35.0. The van der Waals surface area contributed by atoms with Crippen LogP contribution in [0.1, 0.15) is 12.8 Å². The summed E-state index contributed by atoms with van der Waals surface area (Å²) in [5, 5.41) is 9.10. The van der Waals surface area contributed by atoms with Gasteiger partial charge in [0.15, 0.2) is 0 Å². The summed E-state index contributed by atoms with van der Waals surface area (Å²) in [5.74, 6) is 0.0467. The number of thioether (sulfide) groups is 1. The molecule has 0 saturated carbocycles. The van der Waals surface area contributed by atoms with Crippen molar-refractivity contribution in [3.05, 3.63) is 0 Å². The van der Waals surface area contributed by atoms with Crippen molar-refractivity contribution in [3.63, 3.8) is 0 Å². The molecule has 3 rings (SSSR count). The summed E-state index contributed by atoms with van der Waals surface area (Å²) in [7, 11) is 0. The first-order chi connectivity index (χ1) is 8.65. The average molecular weight is 272 g/mol. The third-order valence-electron chi connectivity index (χ3n) is 3.73. The van der Waals surface area contributed by atoms with Crippen molar-refractivity contribution in [3.8, 4) is 0 Å². The van der Waals surface area contributed by atoms with Gasteiger partial charge in [-0.25, -0.2) is 9.59 Å². The SMILES string of the molecule is O=C(O)C1CSCN1C(=O)N1CC2CCC(C1)O2. The van der Waals surface area contributed by atoms with Crippen molar-refractivity contribution in [2.75, 3.05) is 24.7 Å². The number of morpholine rings is 1. The van der Waals surface area contributed by atoms with Gasteiger partial charge in [0.05, 0.1) is 18.1 Å². The largest absolute Gasteiger partial charge is 0.480 e. The number of hydrogen-bond acceptors (Lipinski definition) is 4. The Morgan fingerprint density at radius 2 is 1.89 bits per heavy atom. The number of carboxylic acid groups (broad SMARTS) is 1. The fourth-order valence-electron chi connectivity index (χ4n) is 2.79. The molecule has 3 fully saturated rings. The molecular formula is C11H16N2O4S. The minimum absolute atomic E-state index is 0.145. The maximum absolute atomic E-state index is 12.4. The summed E-state index contributed by atoms with van der Waals surface area (Å²) in [6.45, 7) is 1.20. The van der Waals surface area contributed by atoms with Gasteiger partial charge < -0.3 is 19.6 Å². The van der Waals surface area contributed by atoms with Crippen LogP contribution in [0.3, 0.4) is 0 Å². The number of carbonyl (C=O) groups excluding carboxylic acids is 1. The first kappa shape index (κ1) is 12.1. The molecule has 0 aromatic heterocycles. The van der Waals surface area contributed by atoms with Crippen molar-refractivity contribution >= 4 is 23.8 Å². The molecular weight excluding hydrogens is 256 g/mol. The number of amides is 2. The van der Waals surface area contributed by atoms with Crippen molar-refractivity contribution < 1.29 is 19.4 Å². The van der Waals surface area contributed by atoms with Crippen molar-refractivity contribution in [1.82, 2.24) is 9.80 Å². The van der Waals surface area contributed by atoms with Gasteiger partial charge in [-0.05, 0) is 12.8 Å². The van der Waals surface area contributed by atoms with Gasteiger partial charge in [-0.3, -0.25) is 0 Å². The monoisotopic (exact) mass is 272 g/mol. The Kier molecular flexibility index (Phi) is 3.11. The maximum Gasteiger partial charge on any atom is 0.327 e. The molecule has 18 heavy (non-hydrogen) atoms. The molecule has 3 heterocycles. The fraction of sp³-hybridized carbons (Fsp3) is 0.818. The van der Waals surface area contributed by atoms with Gasteiger partial charge in [-0.1, -0.05) is 0 Å². The van der Waals surface area contributed by atoms with Crippen LogP contribution in [0.4, 0.5) is 4.79 Å². The molecule has 0 spiro atoms. The highest BCUT2D eigenvalue weighted by molar-refractivity contribution is 7.99. The van der Waals surface area contributed by atoms with E-state index in [1.807, 2.05) is 0 Å². The molecule has 0 aromatic rings. The van der Waals surface area contributed by atoms with E-state index in [0.29, 0.717) is 24.7 Å². The molecule has 1 N–H and O–H groups in total. The Hall–Kier alpha value is -0.950. The minimum atomic E-state index is -0.912. The lowest BCUT2D eigenvalue weighted by Gasteiger charge is -2.35. The third kappa shape index (κ3) is 2.05. The highest BCUT2D eigenvalue weighted by Gasteiger charge is 2.41. The summed E-state index contributed by atoms with van der Waals surface area (Å²) in [4.78, 5) is 26.7. The summed E-state index contributed by atoms with van der Waals surface area (Å²) < 4.78 is 5.68. The average Bonchev–Trinajstić information content (AvgIpc) is 2.95. The van der Waals surface area contributed by atoms with Crippen LogP contribution in [0.25, 0.3) is 0 Å². The smallest absolute Gasteiger partial charge is 0.327 e. The number of aliphatic carboxylic acids is 1. The Morgan fingerprint density at radius 1 is 1.22 bits per heavy atom. The van der Waals surface area contributed by atoms with Crippen molar-refractivity contribution in [2.24, 2.45) is 0 Å². The van der Waals surface area contributed by atoms with E-state index in [9.17, 15) is 9.59 Å². The number of urea groups is 1. The number of nitrogens with zero attached hydrogens (tertiary/aromatic N) is 2. The second-order valence-corrected chi connectivity index (χ2v) is 5.97. The highest BCUT2D eigenvalue weighted by Crippen LogP contribution is 2.29. The van der Waals surface area contributed by atoms with Gasteiger partial charge in [0.2, 0.25) is 0 Å². The van der Waals surface area contributed by atoms with Crippen LogP contribution >= 0.6 is 11.8 Å². The third-order valence-corrected chi connectivity index (χ3v) is 4.74. The molecule has 2 amide bonds. The molecule has 3 saturated heterocycles. The Labute approximate surface area is 109 Å². The summed E-state index contributed by atoms with van der Waals surface area (Å²) in [5.41, 5.74) is 0. The van der Waals surface area contributed by atoms with E-state index in [2.05, 4.69) is 0 Å². The van der Waals surface area contributed by atoms with Gasteiger partial charge in [0.25, 0.3) is 0 Å². The zero-order valence-electron chi connectivity index (χ0n) is 9.95. The molecule has 7 heteroatoms. The van der Waals surface area contributed by atoms with Crippen LogP contribution in [0.2, 0.25) is 0 Å². The molecule has 3 aliphatic heterocycles. The van der Waals surface area contributed by atoms with Crippen LogP contribution in [0.5, 0.6) is 0 Å². The summed E-state index contributed by atoms with van der Waals surface area (Å²) in [6.07, 6.45) is 2.30. The summed E-state index contributed by atoms with van der Waals surface area (Å²) in [6, 6.07) is -0.824. The van der Waals surface area contributed by atoms with E-state index in [-0.39, 0.29) is 18.2 Å². The number of fused-ring (bicyclic) bond motifs is 2. The number of hydrogen-bond donors (Lipinski definition) is 1. The lowest BCUT2D eigenvalue weighted by atomic mass is 10.2. The molecule has 100 valence electrons. The fourth-order valence-corrected chi connectivity index (χ4v) is 3.93. The van der Waals surface area contributed by atoms with Gasteiger partial charge in [0, 0.05) is 18.8 Å². The number of carbonyl (C=O) groups is 2. The molecule has 6 nitrogen and oxygen atoms in total. The quantitative estimate of drug-likeness (QED) is 0.749. The number of carboxylic acids is 1. The molecule has 0 aliphatic carbocycles. The zero-order chi connectivity index (χ0) is 12.7. The lowest BCUT2D eigenvalue weighted by Crippen LogP contribution is -2.54. The van der Waals surface area contributed by atoms with Crippen molar-refractivity contribution in [1.29, 1.82) is 0 Å². The van der Waals surface area contributed by atoms with Gasteiger partial charge in [-0.15, -0.1) is 11.8 Å². The highest BCUT2D eigenvalue weighted by atomic mass is 32.2. The standard InChI is InChI=1S/C11H16N2O4S/c14-10(15)9-5-18-6-13(9)11(16)12-3-7-1-2-8(4-12)17-7/h7-9H,1-6H2,(H,14,15). The maximum atomic E-state index is 12.4. The van der Waals surface area contributed by atoms with Crippen LogP contribution in [-0.2, 0) is 9.53 Å². The van der Waals surface area contributed by atoms with Crippen LogP contribution < -0.4 is 0 Å². The summed E-state index contributed by atoms with van der Waals surface area (Å²) >= 11 is 1.49. The zero-order valence-corrected chi connectivity index (χ0v) is 10.8. The number of rotatable bonds is 1. The Morgan fingerprint density at radius 3 is 2.50 bits per heavy atom. The van der Waals surface area contributed by atoms with E-state index in [1.54, 1.807) is 4.90 Å². The second kappa shape index (κ2) is 4.62. The molecule has 3 unspecified atom stereocenters. The number of ether oxygens (including phenoxy) is 1. The Balaban J connectivity index is 1.69. The van der Waals surface area contributed by atoms with Gasteiger partial charge >= 0.3 is 12.0 Å². The first-order valence-corrected chi connectivity index (χ1v) is 7.32. The predicted molar refractivity (Wildman–Crippen MR) is 65.5 cm³/mol. The predicted octanol–water partition coefficient (Wildman–Crippen LogP) is 0.429. The van der Waals surface area contributed by atoms with E-state index in [0.717, 1.165) is 12.8 Å². The van der Waals surface area contributed by atoms with Crippen LogP contribution in [0.15, 0.2) is 0 Å². The minimum Gasteiger partial charge on any atom is -0.480 e. The Bertz CT molecular complexity index is 366. The number of likely N-dealkylation sites (tertiary alicyclic amines) is 1. The molecule has 2 bridgehead atoms. The van der Waals surface area contributed by atoms with E-state index in [1.165, 1.54) is 16.7 Å².